The van der Waals surface area contributed by atoms with Gasteiger partial charge in [-0.15, -0.1) is 0 Å². The predicted octanol–water partition coefficient (Wildman–Crippen LogP) is 2.60. The van der Waals surface area contributed by atoms with Crippen molar-refractivity contribution in [2.75, 3.05) is 28.1 Å². The van der Waals surface area contributed by atoms with Crippen LogP contribution in [0.3, 0.4) is 0 Å². The number of fused-ring (bicyclic) bond motifs is 4. The molecule has 0 fully saturated rings. The molecule has 0 unspecified atom stereocenters. The highest BCUT2D eigenvalue weighted by Crippen LogP contribution is 2.55. The Labute approximate surface area is 176 Å². The SMILES string of the molecule is COC(=O)[C@H]1Oc2c(c(=O)oc3ccccc23)[C@@H]1c1cc(OC)c2c(c1OC)OCO2. The third-order valence-corrected chi connectivity index (χ3v) is 5.44. The van der Waals surface area contributed by atoms with Gasteiger partial charge in [0.2, 0.25) is 24.4 Å². The molecular formula is C22H18O9. The summed E-state index contributed by atoms with van der Waals surface area (Å²) < 4.78 is 38.6. The summed E-state index contributed by atoms with van der Waals surface area (Å²) in [5, 5.41) is 0.570. The van der Waals surface area contributed by atoms with Gasteiger partial charge in [-0.05, 0) is 18.2 Å². The van der Waals surface area contributed by atoms with E-state index in [0.717, 1.165) is 0 Å². The number of carbonyl (C=O) groups is 1. The molecule has 0 N–H and O–H groups in total. The fourth-order valence-corrected chi connectivity index (χ4v) is 4.12. The van der Waals surface area contributed by atoms with Crippen LogP contribution in [0.2, 0.25) is 0 Å². The van der Waals surface area contributed by atoms with Crippen molar-refractivity contribution in [2.24, 2.45) is 0 Å². The van der Waals surface area contributed by atoms with Crippen molar-refractivity contribution in [3.05, 3.63) is 51.9 Å². The minimum absolute atomic E-state index is 0.0174. The van der Waals surface area contributed by atoms with E-state index in [2.05, 4.69) is 0 Å². The number of methoxy groups -OCH3 is 3. The molecule has 0 bridgehead atoms. The van der Waals surface area contributed by atoms with Crippen molar-refractivity contribution in [1.82, 2.24) is 0 Å². The fraction of sp³-hybridized carbons (Fsp3) is 0.273. The van der Waals surface area contributed by atoms with Crippen molar-refractivity contribution < 1.29 is 37.6 Å². The van der Waals surface area contributed by atoms with E-state index in [1.54, 1.807) is 30.3 Å². The molecule has 0 saturated carbocycles. The molecule has 5 rings (SSSR count). The quantitative estimate of drug-likeness (QED) is 0.460. The summed E-state index contributed by atoms with van der Waals surface area (Å²) in [7, 11) is 4.19. The van der Waals surface area contributed by atoms with E-state index in [1.165, 1.54) is 21.3 Å². The summed E-state index contributed by atoms with van der Waals surface area (Å²) >= 11 is 0. The number of hydrogen-bond acceptors (Lipinski definition) is 9. The zero-order chi connectivity index (χ0) is 21.7. The minimum atomic E-state index is -1.15. The van der Waals surface area contributed by atoms with Crippen LogP contribution in [0.25, 0.3) is 11.0 Å². The number of hydrogen-bond donors (Lipinski definition) is 0. The molecule has 2 aliphatic rings. The van der Waals surface area contributed by atoms with E-state index < -0.39 is 23.6 Å². The molecule has 0 radical (unpaired) electrons. The fourth-order valence-electron chi connectivity index (χ4n) is 4.12. The monoisotopic (exact) mass is 426 g/mol. The molecule has 2 atom stereocenters. The molecule has 0 amide bonds. The molecule has 9 heteroatoms. The van der Waals surface area contributed by atoms with Gasteiger partial charge in [-0.1, -0.05) is 12.1 Å². The minimum Gasteiger partial charge on any atom is -0.493 e. The Hall–Kier alpha value is -3.88. The predicted molar refractivity (Wildman–Crippen MR) is 106 cm³/mol. The maximum Gasteiger partial charge on any atom is 0.348 e. The van der Waals surface area contributed by atoms with Gasteiger partial charge in [0, 0.05) is 5.56 Å². The zero-order valence-corrected chi connectivity index (χ0v) is 16.9. The zero-order valence-electron chi connectivity index (χ0n) is 16.9. The Morgan fingerprint density at radius 3 is 2.55 bits per heavy atom. The van der Waals surface area contributed by atoms with Gasteiger partial charge >= 0.3 is 11.6 Å². The topological polar surface area (TPSA) is 103 Å². The van der Waals surface area contributed by atoms with E-state index in [4.69, 9.17) is 32.8 Å². The second kappa shape index (κ2) is 7.12. The molecule has 160 valence electrons. The summed E-state index contributed by atoms with van der Waals surface area (Å²) in [5.74, 6) is 0.0965. The van der Waals surface area contributed by atoms with Crippen LogP contribution in [-0.2, 0) is 9.53 Å². The number of rotatable bonds is 4. The van der Waals surface area contributed by atoms with Crippen molar-refractivity contribution in [3.8, 4) is 28.7 Å². The second-order valence-corrected chi connectivity index (χ2v) is 6.93. The number of esters is 1. The lowest BCUT2D eigenvalue weighted by molar-refractivity contribution is -0.148. The molecule has 0 saturated heterocycles. The van der Waals surface area contributed by atoms with Crippen LogP contribution in [0.15, 0.2) is 39.5 Å². The molecular weight excluding hydrogens is 408 g/mol. The smallest absolute Gasteiger partial charge is 0.348 e. The molecule has 3 heterocycles. The highest BCUT2D eigenvalue weighted by molar-refractivity contribution is 5.89. The second-order valence-electron chi connectivity index (χ2n) is 6.93. The van der Waals surface area contributed by atoms with Crippen LogP contribution < -0.4 is 29.3 Å². The van der Waals surface area contributed by atoms with Crippen LogP contribution in [0.5, 0.6) is 28.7 Å². The molecule has 2 aromatic carbocycles. The summed E-state index contributed by atoms with van der Waals surface area (Å²) in [5.41, 5.74) is 0.364. The first-order chi connectivity index (χ1) is 15.1. The molecule has 1 aromatic heterocycles. The van der Waals surface area contributed by atoms with E-state index in [0.29, 0.717) is 39.5 Å². The van der Waals surface area contributed by atoms with Crippen LogP contribution >= 0.6 is 0 Å². The van der Waals surface area contributed by atoms with Crippen molar-refractivity contribution in [2.45, 2.75) is 12.0 Å². The Kier molecular flexibility index (Phi) is 4.39. The first-order valence-electron chi connectivity index (χ1n) is 9.43. The van der Waals surface area contributed by atoms with Crippen molar-refractivity contribution >= 4 is 16.9 Å². The van der Waals surface area contributed by atoms with Gasteiger partial charge in [-0.3, -0.25) is 0 Å². The largest absolute Gasteiger partial charge is 0.493 e. The highest BCUT2D eigenvalue weighted by atomic mass is 16.7. The first kappa shape index (κ1) is 19.1. The van der Waals surface area contributed by atoms with Crippen molar-refractivity contribution in [3.63, 3.8) is 0 Å². The van der Waals surface area contributed by atoms with Crippen LogP contribution in [0, 0.1) is 0 Å². The normalized spacial score (nSPS) is 18.4. The Balaban J connectivity index is 1.82. The lowest BCUT2D eigenvalue weighted by atomic mass is 9.87. The molecule has 2 aliphatic heterocycles. The van der Waals surface area contributed by atoms with Crippen LogP contribution in [0.1, 0.15) is 17.0 Å². The van der Waals surface area contributed by atoms with Gasteiger partial charge in [0.15, 0.2) is 11.5 Å². The van der Waals surface area contributed by atoms with E-state index in [-0.39, 0.29) is 18.1 Å². The number of carbonyl (C=O) groups excluding carboxylic acids is 1. The van der Waals surface area contributed by atoms with E-state index in [1.807, 2.05) is 0 Å². The number of benzene rings is 2. The van der Waals surface area contributed by atoms with Crippen LogP contribution in [-0.4, -0.2) is 40.2 Å². The number of ether oxygens (including phenoxy) is 6. The van der Waals surface area contributed by atoms with E-state index >= 15 is 0 Å². The van der Waals surface area contributed by atoms with Gasteiger partial charge < -0.3 is 32.8 Å². The number of para-hydroxylation sites is 1. The summed E-state index contributed by atoms with van der Waals surface area (Å²) in [4.78, 5) is 25.7. The molecule has 9 nitrogen and oxygen atoms in total. The van der Waals surface area contributed by atoms with Crippen molar-refractivity contribution in [1.29, 1.82) is 0 Å². The third-order valence-electron chi connectivity index (χ3n) is 5.44. The average molecular weight is 426 g/mol. The summed E-state index contributed by atoms with van der Waals surface area (Å²) in [6, 6.07) is 8.58. The van der Waals surface area contributed by atoms with Gasteiger partial charge in [0.05, 0.1) is 38.2 Å². The lowest BCUT2D eigenvalue weighted by Gasteiger charge is -2.21. The molecule has 31 heavy (non-hydrogen) atoms. The van der Waals surface area contributed by atoms with Crippen LogP contribution in [0.4, 0.5) is 0 Å². The molecule has 0 spiro atoms. The maximum absolute atomic E-state index is 13.0. The maximum atomic E-state index is 13.0. The molecule has 3 aromatic rings. The highest BCUT2D eigenvalue weighted by Gasteiger charge is 2.47. The van der Waals surface area contributed by atoms with Gasteiger partial charge in [-0.2, -0.15) is 0 Å². The van der Waals surface area contributed by atoms with Gasteiger partial charge in [0.1, 0.15) is 11.3 Å². The van der Waals surface area contributed by atoms with Gasteiger partial charge in [-0.25, -0.2) is 9.59 Å². The lowest BCUT2D eigenvalue weighted by Crippen LogP contribution is -2.32. The third kappa shape index (κ3) is 2.69. The molecule has 0 aliphatic carbocycles. The average Bonchev–Trinajstić information content (AvgIpc) is 3.43. The summed E-state index contributed by atoms with van der Waals surface area (Å²) in [6.45, 7) is -0.0174. The van der Waals surface area contributed by atoms with Gasteiger partial charge in [0.25, 0.3) is 0 Å². The Morgan fingerprint density at radius 1 is 1.03 bits per heavy atom. The standard InChI is InChI=1S/C22H18O9/c1-25-13-8-11(17(26-2)20-18(13)28-9-29-20)14-15-16(31-19(14)22(24)27-3)10-6-4-5-7-12(10)30-21(15)23/h4-8,14,19H,9H2,1-3H3/t14-,19-/m0/s1. The van der Waals surface area contributed by atoms with E-state index in [9.17, 15) is 9.59 Å². The Bertz CT molecular complexity index is 1260. The Morgan fingerprint density at radius 2 is 1.81 bits per heavy atom. The summed E-state index contributed by atoms with van der Waals surface area (Å²) in [6.07, 6.45) is -1.15. The first-order valence-corrected chi connectivity index (χ1v) is 9.43.